The summed E-state index contributed by atoms with van der Waals surface area (Å²) in [6, 6.07) is 0. The van der Waals surface area contributed by atoms with Gasteiger partial charge in [-0.05, 0) is 99.2 Å². The van der Waals surface area contributed by atoms with Gasteiger partial charge in [-0.1, -0.05) is 13.8 Å². The van der Waals surface area contributed by atoms with Gasteiger partial charge in [0, 0.05) is 12.8 Å². The number of hydrogen-bond acceptors (Lipinski definition) is 4. The highest BCUT2D eigenvalue weighted by molar-refractivity contribution is 5.66. The monoisotopic (exact) mass is 404 g/mol. The van der Waals surface area contributed by atoms with Crippen LogP contribution in [0.15, 0.2) is 0 Å². The number of rotatable bonds is 2. The fourth-order valence-electron chi connectivity index (χ4n) is 9.15. The van der Waals surface area contributed by atoms with E-state index in [1.54, 1.807) is 6.92 Å². The fourth-order valence-corrected chi connectivity index (χ4v) is 9.15. The SMILES string of the molecule is CC(=O)O[C@H]1CC[C@@]2(C)[C@@H](CC[C@H]3[C@H]2CC[C@@]2(C)[C@@H]3CC[C@H]2C2(C)OCCO2)C1. The van der Waals surface area contributed by atoms with Crippen LogP contribution < -0.4 is 0 Å². The molecule has 0 aromatic carbocycles. The van der Waals surface area contributed by atoms with Crippen molar-refractivity contribution < 1.29 is 19.0 Å². The third-order valence-corrected chi connectivity index (χ3v) is 10.4. The maximum atomic E-state index is 11.5. The Morgan fingerprint density at radius 3 is 2.28 bits per heavy atom. The Bertz CT molecular complexity index is 655. The molecule has 4 heteroatoms. The van der Waals surface area contributed by atoms with E-state index in [0.29, 0.717) is 16.7 Å². The molecule has 0 N–H and O–H groups in total. The van der Waals surface area contributed by atoms with E-state index in [1.807, 2.05) is 0 Å². The third kappa shape index (κ3) is 3.03. The zero-order valence-electron chi connectivity index (χ0n) is 18.9. The fraction of sp³-hybridized carbons (Fsp3) is 0.960. The molecule has 4 aliphatic carbocycles. The Hall–Kier alpha value is -0.610. The van der Waals surface area contributed by atoms with Crippen molar-refractivity contribution in [3.05, 3.63) is 0 Å². The molecule has 1 aliphatic heterocycles. The average Bonchev–Trinajstić information content (AvgIpc) is 3.25. The molecule has 164 valence electrons. The number of ether oxygens (including phenoxy) is 3. The van der Waals surface area contributed by atoms with Crippen LogP contribution in [0.25, 0.3) is 0 Å². The zero-order valence-corrected chi connectivity index (χ0v) is 18.9. The van der Waals surface area contributed by atoms with Crippen LogP contribution in [0.3, 0.4) is 0 Å². The summed E-state index contributed by atoms with van der Waals surface area (Å²) in [7, 11) is 0. The first kappa shape index (κ1) is 20.3. The molecule has 4 nitrogen and oxygen atoms in total. The van der Waals surface area contributed by atoms with E-state index in [1.165, 1.54) is 44.9 Å². The van der Waals surface area contributed by atoms with Gasteiger partial charge in [0.2, 0.25) is 0 Å². The molecule has 1 heterocycles. The molecular formula is C25H40O4. The average molecular weight is 405 g/mol. The topological polar surface area (TPSA) is 44.8 Å². The summed E-state index contributed by atoms with van der Waals surface area (Å²) in [6.07, 6.45) is 11.5. The molecule has 4 saturated carbocycles. The van der Waals surface area contributed by atoms with Gasteiger partial charge in [-0.3, -0.25) is 4.79 Å². The molecule has 0 spiro atoms. The van der Waals surface area contributed by atoms with Crippen LogP contribution in [-0.4, -0.2) is 31.1 Å². The van der Waals surface area contributed by atoms with Crippen LogP contribution >= 0.6 is 0 Å². The Morgan fingerprint density at radius 2 is 1.55 bits per heavy atom. The molecule has 8 atom stereocenters. The van der Waals surface area contributed by atoms with Gasteiger partial charge < -0.3 is 14.2 Å². The predicted molar refractivity (Wildman–Crippen MR) is 111 cm³/mol. The number of esters is 1. The number of carbonyl (C=O) groups is 1. The summed E-state index contributed by atoms with van der Waals surface area (Å²) >= 11 is 0. The van der Waals surface area contributed by atoms with Gasteiger partial charge in [0.15, 0.2) is 5.79 Å². The van der Waals surface area contributed by atoms with Crippen molar-refractivity contribution >= 4 is 5.97 Å². The normalized spacial score (nSPS) is 51.0. The molecule has 0 aromatic heterocycles. The van der Waals surface area contributed by atoms with Crippen LogP contribution in [0, 0.1) is 40.4 Å². The second-order valence-electron chi connectivity index (χ2n) is 11.6. The van der Waals surface area contributed by atoms with E-state index in [2.05, 4.69) is 20.8 Å². The Kier molecular flexibility index (Phi) is 4.87. The minimum atomic E-state index is -0.362. The standard InChI is InChI=1S/C25H40O4/c1-16(26)29-18-9-11-23(2)17(15-18)5-6-19-20-7-8-22(25(4)27-13-14-28-25)24(20,3)12-10-21(19)23/h17-22H,5-15H2,1-4H3/t17-,18-,19+,20+,21+,22+,23-,24-/m0/s1. The lowest BCUT2D eigenvalue weighted by Crippen LogP contribution is -2.55. The number of hydrogen-bond donors (Lipinski definition) is 0. The van der Waals surface area contributed by atoms with Gasteiger partial charge >= 0.3 is 5.97 Å². The molecule has 5 rings (SSSR count). The largest absolute Gasteiger partial charge is 0.463 e. The predicted octanol–water partition coefficient (Wildman–Crippen LogP) is 5.34. The van der Waals surface area contributed by atoms with Crippen molar-refractivity contribution in [2.75, 3.05) is 13.2 Å². The van der Waals surface area contributed by atoms with E-state index < -0.39 is 0 Å². The summed E-state index contributed by atoms with van der Waals surface area (Å²) in [5, 5.41) is 0. The van der Waals surface area contributed by atoms with Gasteiger partial charge in [-0.25, -0.2) is 0 Å². The van der Waals surface area contributed by atoms with E-state index in [-0.39, 0.29) is 17.9 Å². The molecule has 0 unspecified atom stereocenters. The van der Waals surface area contributed by atoms with Gasteiger partial charge in [0.25, 0.3) is 0 Å². The maximum absolute atomic E-state index is 11.5. The molecule has 0 amide bonds. The van der Waals surface area contributed by atoms with Crippen molar-refractivity contribution in [3.63, 3.8) is 0 Å². The van der Waals surface area contributed by atoms with Gasteiger partial charge in [0.1, 0.15) is 6.10 Å². The molecule has 29 heavy (non-hydrogen) atoms. The van der Waals surface area contributed by atoms with E-state index in [9.17, 15) is 4.79 Å². The lowest BCUT2D eigenvalue weighted by atomic mass is 9.44. The highest BCUT2D eigenvalue weighted by Crippen LogP contribution is 2.69. The van der Waals surface area contributed by atoms with E-state index in [4.69, 9.17) is 14.2 Å². The van der Waals surface area contributed by atoms with E-state index >= 15 is 0 Å². The smallest absolute Gasteiger partial charge is 0.302 e. The minimum absolute atomic E-state index is 0.109. The van der Waals surface area contributed by atoms with Crippen LogP contribution in [0.4, 0.5) is 0 Å². The van der Waals surface area contributed by atoms with Crippen molar-refractivity contribution in [2.45, 2.75) is 97.4 Å². The van der Waals surface area contributed by atoms with Gasteiger partial charge in [0.05, 0.1) is 13.2 Å². The molecule has 5 fully saturated rings. The van der Waals surface area contributed by atoms with Crippen LogP contribution in [0.5, 0.6) is 0 Å². The van der Waals surface area contributed by atoms with Crippen molar-refractivity contribution in [3.8, 4) is 0 Å². The van der Waals surface area contributed by atoms with Crippen molar-refractivity contribution in [1.82, 2.24) is 0 Å². The lowest BCUT2D eigenvalue weighted by molar-refractivity contribution is -0.219. The van der Waals surface area contributed by atoms with Crippen LogP contribution in [0.2, 0.25) is 0 Å². The number of carbonyl (C=O) groups excluding carboxylic acids is 1. The summed E-state index contributed by atoms with van der Waals surface area (Å²) in [6.45, 7) is 10.4. The minimum Gasteiger partial charge on any atom is -0.463 e. The first-order valence-corrected chi connectivity index (χ1v) is 12.2. The Labute approximate surface area is 176 Å². The quantitative estimate of drug-likeness (QED) is 0.583. The first-order chi connectivity index (χ1) is 13.8. The number of fused-ring (bicyclic) bond motifs is 5. The maximum Gasteiger partial charge on any atom is 0.302 e. The van der Waals surface area contributed by atoms with Gasteiger partial charge in [-0.15, -0.1) is 0 Å². The molecule has 0 bridgehead atoms. The Balaban J connectivity index is 1.35. The van der Waals surface area contributed by atoms with Crippen LogP contribution in [-0.2, 0) is 19.0 Å². The second-order valence-corrected chi connectivity index (χ2v) is 11.6. The van der Waals surface area contributed by atoms with Gasteiger partial charge in [-0.2, -0.15) is 0 Å². The summed E-state index contributed by atoms with van der Waals surface area (Å²) in [4.78, 5) is 11.5. The first-order valence-electron chi connectivity index (χ1n) is 12.2. The molecular weight excluding hydrogens is 364 g/mol. The second kappa shape index (κ2) is 6.95. The summed E-state index contributed by atoms with van der Waals surface area (Å²) in [5.41, 5.74) is 0.793. The molecule has 1 saturated heterocycles. The van der Waals surface area contributed by atoms with Crippen LogP contribution in [0.1, 0.15) is 85.5 Å². The summed E-state index contributed by atoms with van der Waals surface area (Å²) in [5.74, 6) is 3.31. The molecule has 0 aromatic rings. The summed E-state index contributed by atoms with van der Waals surface area (Å²) < 4.78 is 17.9. The zero-order chi connectivity index (χ0) is 20.4. The Morgan fingerprint density at radius 1 is 0.862 bits per heavy atom. The lowest BCUT2D eigenvalue weighted by Gasteiger charge is -2.61. The van der Waals surface area contributed by atoms with E-state index in [0.717, 1.165) is 49.7 Å². The molecule has 0 radical (unpaired) electrons. The van der Waals surface area contributed by atoms with Crippen molar-refractivity contribution in [1.29, 1.82) is 0 Å². The highest BCUT2D eigenvalue weighted by atomic mass is 16.7. The molecule has 5 aliphatic rings. The third-order valence-electron chi connectivity index (χ3n) is 10.4. The van der Waals surface area contributed by atoms with Crippen molar-refractivity contribution in [2.24, 2.45) is 40.4 Å². The highest BCUT2D eigenvalue weighted by Gasteiger charge is 2.63.